The highest BCUT2D eigenvalue weighted by atomic mass is 32.2. The number of hydrogen-bond acceptors (Lipinski definition) is 12. The number of nitrogens with one attached hydrogen (secondary N) is 2. The largest absolute Gasteiger partial charge is 0.756 e. The Hall–Kier alpha value is -5.18. The Bertz CT molecular complexity index is 1950. The van der Waals surface area contributed by atoms with E-state index in [-0.39, 0.29) is 40.9 Å². The molecule has 264 valence electrons. The number of amides is 3. The molecule has 0 radical (unpaired) electrons. The summed E-state index contributed by atoms with van der Waals surface area (Å²) in [5, 5.41) is 17.3. The molecular weight excluding hydrogens is 687 g/mol. The number of hydrogen-bond donors (Lipinski definition) is 2. The van der Waals surface area contributed by atoms with Crippen LogP contribution in [0.15, 0.2) is 83.8 Å². The van der Waals surface area contributed by atoms with Crippen LogP contribution in [-0.4, -0.2) is 77.7 Å². The van der Waals surface area contributed by atoms with Crippen molar-refractivity contribution < 1.29 is 45.5 Å². The normalized spacial score (nSPS) is 13.3. The third kappa shape index (κ3) is 7.99. The maximum atomic E-state index is 13.5. The van der Waals surface area contributed by atoms with Crippen molar-refractivity contribution in [2.24, 2.45) is 0 Å². The van der Waals surface area contributed by atoms with Crippen LogP contribution in [0.5, 0.6) is 0 Å². The first-order chi connectivity index (χ1) is 23.7. The van der Waals surface area contributed by atoms with Gasteiger partial charge in [-0.3, -0.25) is 14.4 Å². The predicted molar refractivity (Wildman–Crippen MR) is 169 cm³/mol. The highest BCUT2D eigenvalue weighted by Gasteiger charge is 2.36. The molecule has 3 aromatic carbocycles. The van der Waals surface area contributed by atoms with Gasteiger partial charge in [-0.15, -0.1) is 5.59 Å². The monoisotopic (exact) mass is 716 g/mol. The number of imide groups is 1. The molecule has 2 N–H and O–H groups in total. The van der Waals surface area contributed by atoms with E-state index < -0.39 is 58.0 Å². The van der Waals surface area contributed by atoms with E-state index in [1.54, 1.807) is 48.0 Å². The van der Waals surface area contributed by atoms with Crippen molar-refractivity contribution in [1.82, 2.24) is 35.3 Å². The van der Waals surface area contributed by atoms with Crippen molar-refractivity contribution >= 4 is 27.9 Å². The molecule has 19 heteroatoms. The fraction of sp³-hybridized carbons (Fsp3) is 0.226. The van der Waals surface area contributed by atoms with Crippen LogP contribution >= 0.6 is 0 Å². The van der Waals surface area contributed by atoms with E-state index in [9.17, 15) is 41.2 Å². The van der Waals surface area contributed by atoms with E-state index in [2.05, 4.69) is 5.10 Å². The molecule has 0 saturated carbocycles. The average molecular weight is 717 g/mol. The summed E-state index contributed by atoms with van der Waals surface area (Å²) < 4.78 is 73.9. The summed E-state index contributed by atoms with van der Waals surface area (Å²) in [5.41, 5.74) is 2.87. The molecule has 0 spiro atoms. The summed E-state index contributed by atoms with van der Waals surface area (Å²) in [6, 6.07) is 18.4. The van der Waals surface area contributed by atoms with Crippen molar-refractivity contribution in [3.05, 3.63) is 106 Å². The van der Waals surface area contributed by atoms with Gasteiger partial charge in [-0.05, 0) is 49.4 Å². The molecule has 0 aliphatic carbocycles. The Morgan fingerprint density at radius 1 is 0.980 bits per heavy atom. The Kier molecular flexibility index (Phi) is 10.6. The second-order valence-electron chi connectivity index (χ2n) is 10.7. The SMILES string of the molecule is CCN(CCOC(=O)NS(=O)(=O)c1ccc(-n2nc(C(F)(F)F)cc2-c2ccc(C)cc2)cc1)N([O-])NOCN1C(=O)c2ccccc2C1=O. The average Bonchev–Trinajstić information content (AvgIpc) is 3.64. The number of hydrazine groups is 2. The summed E-state index contributed by atoms with van der Waals surface area (Å²) in [5.74, 6) is -1.18. The summed E-state index contributed by atoms with van der Waals surface area (Å²) in [4.78, 5) is 42.5. The van der Waals surface area contributed by atoms with Gasteiger partial charge in [-0.1, -0.05) is 48.9 Å². The highest BCUT2D eigenvalue weighted by Crippen LogP contribution is 2.33. The lowest BCUT2D eigenvalue weighted by atomic mass is 10.1. The number of carbonyl (C=O) groups excluding carboxylic acids is 3. The smallest absolute Gasteiger partial charge is 0.435 e. The van der Waals surface area contributed by atoms with Gasteiger partial charge >= 0.3 is 12.3 Å². The van der Waals surface area contributed by atoms with Crippen LogP contribution in [-0.2, 0) is 25.8 Å². The lowest BCUT2D eigenvalue weighted by Gasteiger charge is -2.38. The minimum atomic E-state index is -4.73. The van der Waals surface area contributed by atoms with Crippen LogP contribution in [0.2, 0.25) is 0 Å². The molecule has 1 aliphatic heterocycles. The maximum absolute atomic E-state index is 13.5. The van der Waals surface area contributed by atoms with Crippen LogP contribution in [0.1, 0.15) is 38.9 Å². The van der Waals surface area contributed by atoms with Gasteiger partial charge in [0.05, 0.1) is 27.4 Å². The summed E-state index contributed by atoms with van der Waals surface area (Å²) in [7, 11) is -4.48. The van der Waals surface area contributed by atoms with E-state index in [4.69, 9.17) is 9.57 Å². The van der Waals surface area contributed by atoms with Gasteiger partial charge in [-0.2, -0.15) is 18.3 Å². The zero-order valence-electron chi connectivity index (χ0n) is 26.4. The highest BCUT2D eigenvalue weighted by molar-refractivity contribution is 7.90. The van der Waals surface area contributed by atoms with E-state index >= 15 is 0 Å². The minimum Gasteiger partial charge on any atom is -0.756 e. The van der Waals surface area contributed by atoms with Gasteiger partial charge in [0.1, 0.15) is 6.61 Å². The number of halogens is 3. The van der Waals surface area contributed by atoms with E-state index in [1.807, 2.05) is 12.5 Å². The fourth-order valence-electron chi connectivity index (χ4n) is 4.79. The molecule has 2 heterocycles. The topological polar surface area (TPSA) is 178 Å². The van der Waals surface area contributed by atoms with Gasteiger partial charge in [-0.25, -0.2) is 37.8 Å². The third-order valence-electron chi connectivity index (χ3n) is 7.38. The minimum absolute atomic E-state index is 0.0782. The van der Waals surface area contributed by atoms with Crippen LogP contribution in [0.25, 0.3) is 16.9 Å². The van der Waals surface area contributed by atoms with Gasteiger partial charge < -0.3 is 9.94 Å². The molecule has 1 aliphatic rings. The number of alkyl halides is 3. The number of rotatable bonds is 13. The van der Waals surface area contributed by atoms with E-state index in [0.29, 0.717) is 5.56 Å². The molecule has 0 fully saturated rings. The number of aryl methyl sites for hydroxylation is 1. The molecule has 5 rings (SSSR count). The van der Waals surface area contributed by atoms with Crippen LogP contribution < -0.4 is 10.3 Å². The van der Waals surface area contributed by atoms with Gasteiger partial charge in [0, 0.05) is 18.7 Å². The number of fused-ring (bicyclic) bond motifs is 1. The molecule has 0 saturated heterocycles. The van der Waals surface area contributed by atoms with Crippen LogP contribution in [0.3, 0.4) is 0 Å². The van der Waals surface area contributed by atoms with Crippen molar-refractivity contribution in [3.8, 4) is 16.9 Å². The second-order valence-corrected chi connectivity index (χ2v) is 12.4. The lowest BCUT2D eigenvalue weighted by Crippen LogP contribution is -2.50. The van der Waals surface area contributed by atoms with Gasteiger partial charge in [0.15, 0.2) is 12.4 Å². The number of aromatic nitrogens is 2. The Morgan fingerprint density at radius 2 is 1.60 bits per heavy atom. The van der Waals surface area contributed by atoms with Gasteiger partial charge in [0.25, 0.3) is 21.8 Å². The zero-order chi connectivity index (χ0) is 36.2. The first-order valence-corrected chi connectivity index (χ1v) is 16.3. The molecule has 0 atom stereocenters. The van der Waals surface area contributed by atoms with Gasteiger partial charge in [0.2, 0.25) is 0 Å². The molecule has 0 unspecified atom stereocenters. The summed E-state index contributed by atoms with van der Waals surface area (Å²) in [6.07, 6.45) is -6.09. The molecule has 50 heavy (non-hydrogen) atoms. The summed E-state index contributed by atoms with van der Waals surface area (Å²) in [6.45, 7) is 2.24. The van der Waals surface area contributed by atoms with Crippen molar-refractivity contribution in [1.29, 1.82) is 0 Å². The number of likely N-dealkylation sites (N-methyl/N-ethyl adjacent to an activating group) is 1. The van der Waals surface area contributed by atoms with E-state index in [1.165, 1.54) is 24.3 Å². The molecule has 4 aromatic rings. The summed E-state index contributed by atoms with van der Waals surface area (Å²) >= 11 is 0. The quantitative estimate of drug-likeness (QED) is 0.150. The zero-order valence-corrected chi connectivity index (χ0v) is 27.2. The number of carbonyl (C=O) groups is 3. The molecule has 15 nitrogen and oxygen atoms in total. The number of benzene rings is 3. The first-order valence-electron chi connectivity index (χ1n) is 14.8. The fourth-order valence-corrected chi connectivity index (χ4v) is 5.69. The maximum Gasteiger partial charge on any atom is 0.435 e. The predicted octanol–water partition coefficient (Wildman–Crippen LogP) is 4.01. The van der Waals surface area contributed by atoms with Crippen molar-refractivity contribution in [3.63, 3.8) is 0 Å². The van der Waals surface area contributed by atoms with Crippen LogP contribution in [0.4, 0.5) is 18.0 Å². The first kappa shape index (κ1) is 36.1. The molecule has 3 amide bonds. The number of ether oxygens (including phenoxy) is 1. The van der Waals surface area contributed by atoms with Crippen molar-refractivity contribution in [2.75, 3.05) is 26.4 Å². The lowest BCUT2D eigenvalue weighted by molar-refractivity contribution is -0.171. The number of sulfonamides is 1. The Morgan fingerprint density at radius 3 is 2.18 bits per heavy atom. The third-order valence-corrected chi connectivity index (χ3v) is 8.70. The standard InChI is InChI=1S/C31H29F3N7O8S/c1-3-38(41(45)37-49-19-39-28(42)24-6-4-5-7-25(24)29(39)43)16-17-48-30(44)36-50(46,47)23-14-12-22(13-15-23)40-26(18-27(35-40)31(32,33)34)21-10-8-20(2)9-11-21/h4-15,18,37H,3,16-17,19H2,1-2H3,(H,36,44)/q-1. The molecule has 1 aromatic heterocycles. The molecular formula is C31H29F3N7O8S-. The van der Waals surface area contributed by atoms with Crippen LogP contribution in [0, 0.1) is 12.1 Å². The number of nitrogens with zero attached hydrogens (tertiary/aromatic N) is 5. The Labute approximate surface area is 283 Å². The second kappa shape index (κ2) is 14.7. The Balaban J connectivity index is 1.13. The molecule has 0 bridgehead atoms. The van der Waals surface area contributed by atoms with E-state index in [0.717, 1.165) is 38.4 Å². The van der Waals surface area contributed by atoms with Crippen molar-refractivity contribution in [2.45, 2.75) is 24.9 Å².